The summed E-state index contributed by atoms with van der Waals surface area (Å²) in [4.78, 5) is 0. The Bertz CT molecular complexity index is 147. The zero-order valence-corrected chi connectivity index (χ0v) is 9.02. The van der Waals surface area contributed by atoms with Crippen molar-refractivity contribution in [2.45, 2.75) is 64.7 Å². The van der Waals surface area contributed by atoms with Gasteiger partial charge < -0.3 is 0 Å². The summed E-state index contributed by atoms with van der Waals surface area (Å²) in [7, 11) is 0. The van der Waals surface area contributed by atoms with Gasteiger partial charge in [0.15, 0.2) is 0 Å². The summed E-state index contributed by atoms with van der Waals surface area (Å²) in [5, 5.41) is 0. The smallest absolute Gasteiger partial charge is 0.0297 e. The van der Waals surface area contributed by atoms with Crippen LogP contribution in [0, 0.1) is 17.8 Å². The Morgan fingerprint density at radius 1 is 1.00 bits per heavy atom. The molecule has 2 aliphatic carbocycles. The Kier molecular flexibility index (Phi) is 2.96. The minimum absolute atomic E-state index is 0.717. The largest absolute Gasteiger partial charge is 0.0594 e. The van der Waals surface area contributed by atoms with Crippen LogP contribution in [0.4, 0.5) is 0 Å². The lowest BCUT2D eigenvalue weighted by molar-refractivity contribution is 0.100. The van der Waals surface area contributed by atoms with Gasteiger partial charge in [-0.3, -0.25) is 0 Å². The summed E-state index contributed by atoms with van der Waals surface area (Å²) in [6, 6.07) is 0. The first-order chi connectivity index (χ1) is 6.31. The number of hydrogen-bond donors (Lipinski definition) is 0. The summed E-state index contributed by atoms with van der Waals surface area (Å²) in [5.41, 5.74) is 0.717. The standard InChI is InChI=1S/C13H23/c1-13(10-6-3-7-11-13)12-8-4-2-5-9-12/h3,12H,2,4-11H2,1H3. The maximum absolute atomic E-state index is 2.55. The molecule has 2 fully saturated rings. The molecular weight excluding hydrogens is 156 g/mol. The summed E-state index contributed by atoms with van der Waals surface area (Å²) < 4.78 is 0. The predicted octanol–water partition coefficient (Wildman–Crippen LogP) is 4.35. The molecule has 0 bridgehead atoms. The lowest BCUT2D eigenvalue weighted by Gasteiger charge is -2.42. The van der Waals surface area contributed by atoms with Crippen molar-refractivity contribution in [3.05, 3.63) is 6.42 Å². The van der Waals surface area contributed by atoms with E-state index in [2.05, 4.69) is 13.3 Å². The van der Waals surface area contributed by atoms with E-state index in [9.17, 15) is 0 Å². The number of hydrogen-bond acceptors (Lipinski definition) is 0. The Labute approximate surface area is 83.1 Å². The maximum atomic E-state index is 2.55. The molecule has 0 unspecified atom stereocenters. The molecule has 0 aromatic heterocycles. The van der Waals surface area contributed by atoms with Gasteiger partial charge >= 0.3 is 0 Å². The van der Waals surface area contributed by atoms with Gasteiger partial charge in [-0.25, -0.2) is 0 Å². The number of rotatable bonds is 1. The first kappa shape index (κ1) is 9.55. The highest BCUT2D eigenvalue weighted by atomic mass is 14.4. The molecule has 2 aliphatic rings. The Balaban J connectivity index is 1.94. The van der Waals surface area contributed by atoms with Crippen molar-refractivity contribution in [3.63, 3.8) is 0 Å². The second kappa shape index (κ2) is 4.02. The molecule has 1 radical (unpaired) electrons. The molecule has 0 atom stereocenters. The van der Waals surface area contributed by atoms with E-state index >= 15 is 0 Å². The van der Waals surface area contributed by atoms with E-state index in [1.165, 1.54) is 57.8 Å². The minimum atomic E-state index is 0.717. The van der Waals surface area contributed by atoms with Gasteiger partial charge in [0.25, 0.3) is 0 Å². The highest BCUT2D eigenvalue weighted by molar-refractivity contribution is 4.90. The zero-order chi connectivity index (χ0) is 9.15. The molecule has 2 saturated carbocycles. The van der Waals surface area contributed by atoms with Crippen LogP contribution in [0.1, 0.15) is 64.7 Å². The Morgan fingerprint density at radius 2 is 1.62 bits per heavy atom. The van der Waals surface area contributed by atoms with E-state index in [1.807, 2.05) is 0 Å². The highest BCUT2D eigenvalue weighted by Gasteiger charge is 2.35. The van der Waals surface area contributed by atoms with Crippen LogP contribution >= 0.6 is 0 Å². The lowest BCUT2D eigenvalue weighted by atomic mass is 9.63. The molecule has 0 amide bonds. The van der Waals surface area contributed by atoms with Crippen LogP contribution in [0.5, 0.6) is 0 Å². The molecule has 0 nitrogen and oxygen atoms in total. The van der Waals surface area contributed by atoms with E-state index in [0.717, 1.165) is 11.3 Å². The van der Waals surface area contributed by atoms with Crippen LogP contribution in [0.2, 0.25) is 0 Å². The van der Waals surface area contributed by atoms with Gasteiger partial charge in [-0.05, 0) is 56.3 Å². The fourth-order valence-corrected chi connectivity index (χ4v) is 3.34. The molecule has 2 rings (SSSR count). The molecular formula is C13H23. The van der Waals surface area contributed by atoms with Crippen LogP contribution in [0.15, 0.2) is 0 Å². The van der Waals surface area contributed by atoms with Crippen molar-refractivity contribution in [2.75, 3.05) is 0 Å². The van der Waals surface area contributed by atoms with Crippen LogP contribution in [-0.4, -0.2) is 0 Å². The maximum Gasteiger partial charge on any atom is -0.0297 e. The molecule has 0 aromatic carbocycles. The van der Waals surface area contributed by atoms with Gasteiger partial charge in [-0.15, -0.1) is 0 Å². The van der Waals surface area contributed by atoms with Gasteiger partial charge in [0.1, 0.15) is 0 Å². The summed E-state index contributed by atoms with van der Waals surface area (Å²) in [5.74, 6) is 1.06. The van der Waals surface area contributed by atoms with Crippen molar-refractivity contribution in [1.82, 2.24) is 0 Å². The summed E-state index contributed by atoms with van der Waals surface area (Å²) in [6.07, 6.45) is 15.7. The van der Waals surface area contributed by atoms with Crippen LogP contribution < -0.4 is 0 Å². The average molecular weight is 179 g/mol. The second-order valence-corrected chi connectivity index (χ2v) is 5.35. The minimum Gasteiger partial charge on any atom is -0.0594 e. The highest BCUT2D eigenvalue weighted by Crippen LogP contribution is 2.47. The van der Waals surface area contributed by atoms with Crippen molar-refractivity contribution in [3.8, 4) is 0 Å². The van der Waals surface area contributed by atoms with Crippen LogP contribution in [0.3, 0.4) is 0 Å². The molecule has 0 aromatic rings. The van der Waals surface area contributed by atoms with Crippen molar-refractivity contribution in [1.29, 1.82) is 0 Å². The second-order valence-electron chi connectivity index (χ2n) is 5.35. The van der Waals surface area contributed by atoms with Crippen molar-refractivity contribution >= 4 is 0 Å². The molecule has 13 heavy (non-hydrogen) atoms. The first-order valence-electron chi connectivity index (χ1n) is 6.13. The van der Waals surface area contributed by atoms with Gasteiger partial charge in [0.2, 0.25) is 0 Å². The third kappa shape index (κ3) is 2.08. The summed E-state index contributed by atoms with van der Waals surface area (Å²) >= 11 is 0. The third-order valence-corrected chi connectivity index (χ3v) is 4.43. The molecule has 0 heterocycles. The quantitative estimate of drug-likeness (QED) is 0.561. The average Bonchev–Trinajstić information content (AvgIpc) is 2.20. The van der Waals surface area contributed by atoms with E-state index in [4.69, 9.17) is 0 Å². The molecule has 0 spiro atoms. The topological polar surface area (TPSA) is 0 Å². The fourth-order valence-electron chi connectivity index (χ4n) is 3.34. The Hall–Kier alpha value is 0. The normalized spacial score (nSPS) is 30.2. The van der Waals surface area contributed by atoms with Crippen LogP contribution in [-0.2, 0) is 0 Å². The molecule has 0 heteroatoms. The summed E-state index contributed by atoms with van der Waals surface area (Å²) in [6.45, 7) is 2.55. The molecule has 0 N–H and O–H groups in total. The first-order valence-corrected chi connectivity index (χ1v) is 6.13. The SMILES string of the molecule is CC1(C2CCCCC2)CC[CH]CC1. The van der Waals surface area contributed by atoms with Gasteiger partial charge in [0, 0.05) is 0 Å². The van der Waals surface area contributed by atoms with E-state index in [1.54, 1.807) is 0 Å². The van der Waals surface area contributed by atoms with E-state index < -0.39 is 0 Å². The monoisotopic (exact) mass is 179 g/mol. The van der Waals surface area contributed by atoms with Gasteiger partial charge in [-0.1, -0.05) is 26.2 Å². The van der Waals surface area contributed by atoms with Crippen molar-refractivity contribution in [2.24, 2.45) is 11.3 Å². The van der Waals surface area contributed by atoms with Crippen molar-refractivity contribution < 1.29 is 0 Å². The Morgan fingerprint density at radius 3 is 2.23 bits per heavy atom. The lowest BCUT2D eigenvalue weighted by Crippen LogP contribution is -2.31. The predicted molar refractivity (Wildman–Crippen MR) is 57.5 cm³/mol. The molecule has 75 valence electrons. The van der Waals surface area contributed by atoms with E-state index in [-0.39, 0.29) is 0 Å². The molecule has 0 saturated heterocycles. The third-order valence-electron chi connectivity index (χ3n) is 4.43. The van der Waals surface area contributed by atoms with Gasteiger partial charge in [0.05, 0.1) is 0 Å². The fraction of sp³-hybridized carbons (Fsp3) is 0.923. The molecule has 0 aliphatic heterocycles. The zero-order valence-electron chi connectivity index (χ0n) is 9.02. The van der Waals surface area contributed by atoms with E-state index in [0.29, 0.717) is 0 Å². The van der Waals surface area contributed by atoms with Gasteiger partial charge in [-0.2, -0.15) is 0 Å². The van der Waals surface area contributed by atoms with Crippen LogP contribution in [0.25, 0.3) is 0 Å².